The van der Waals surface area contributed by atoms with Crippen molar-refractivity contribution in [2.45, 2.75) is 32.7 Å². The van der Waals surface area contributed by atoms with Crippen LogP contribution in [0, 0.1) is 6.92 Å². The van der Waals surface area contributed by atoms with E-state index in [1.54, 1.807) is 17.4 Å². The number of thiophene rings is 1. The monoisotopic (exact) mass is 308 g/mol. The van der Waals surface area contributed by atoms with Gasteiger partial charge in [0, 0.05) is 16.8 Å². The van der Waals surface area contributed by atoms with Crippen LogP contribution < -0.4 is 5.32 Å². The van der Waals surface area contributed by atoms with Crippen LogP contribution in [0.25, 0.3) is 0 Å². The molecule has 0 aliphatic heterocycles. The van der Waals surface area contributed by atoms with Crippen LogP contribution in [0.5, 0.6) is 0 Å². The van der Waals surface area contributed by atoms with Gasteiger partial charge in [-0.05, 0) is 30.9 Å². The number of aryl methyl sites for hydroxylation is 1. The molecule has 2 rings (SSSR count). The number of rotatable bonds is 5. The van der Waals surface area contributed by atoms with Gasteiger partial charge in [0.15, 0.2) is 0 Å². The number of pyridine rings is 1. The first-order chi connectivity index (χ1) is 9.61. The van der Waals surface area contributed by atoms with Crippen LogP contribution in [-0.4, -0.2) is 10.9 Å². The molecule has 0 aliphatic rings. The summed E-state index contributed by atoms with van der Waals surface area (Å²) >= 11 is 7.76. The Morgan fingerprint density at radius 2 is 2.35 bits per heavy atom. The Balaban J connectivity index is 2.16. The molecule has 20 heavy (non-hydrogen) atoms. The van der Waals surface area contributed by atoms with Crippen LogP contribution in [0.15, 0.2) is 29.8 Å². The maximum Gasteiger partial charge on any atom is 0.254 e. The summed E-state index contributed by atoms with van der Waals surface area (Å²) in [7, 11) is 0. The molecule has 1 unspecified atom stereocenters. The smallest absolute Gasteiger partial charge is 0.254 e. The number of carbonyl (C=O) groups excluding carboxylic acids is 1. The fourth-order valence-electron chi connectivity index (χ4n) is 1.99. The summed E-state index contributed by atoms with van der Waals surface area (Å²) in [5.41, 5.74) is 1.23. The predicted molar refractivity (Wildman–Crippen MR) is 83.4 cm³/mol. The Morgan fingerprint density at radius 1 is 1.55 bits per heavy atom. The second-order valence-corrected chi connectivity index (χ2v) is 6.02. The van der Waals surface area contributed by atoms with E-state index in [0.29, 0.717) is 10.6 Å². The summed E-state index contributed by atoms with van der Waals surface area (Å²) in [6, 6.07) is 5.77. The van der Waals surface area contributed by atoms with Gasteiger partial charge < -0.3 is 5.32 Å². The number of amides is 1. The Hall–Kier alpha value is -1.39. The number of carbonyl (C=O) groups is 1. The van der Waals surface area contributed by atoms with Gasteiger partial charge in [-0.1, -0.05) is 31.0 Å². The standard InChI is InChI=1S/C15H17ClN2OS/c1-3-5-13(14-6-4-7-20-14)18-15(19)11-9-17-10(2)8-12(11)16/h4,6-9,13H,3,5H2,1-2H3,(H,18,19). The molecular weight excluding hydrogens is 292 g/mol. The average Bonchev–Trinajstić information content (AvgIpc) is 2.91. The maximum absolute atomic E-state index is 12.3. The fourth-order valence-corrected chi connectivity index (χ4v) is 3.10. The van der Waals surface area contributed by atoms with Gasteiger partial charge >= 0.3 is 0 Å². The number of nitrogens with zero attached hydrogens (tertiary/aromatic N) is 1. The third-order valence-electron chi connectivity index (χ3n) is 3.00. The van der Waals surface area contributed by atoms with Crippen LogP contribution in [0.1, 0.15) is 46.7 Å². The zero-order chi connectivity index (χ0) is 14.5. The second-order valence-electron chi connectivity index (χ2n) is 4.64. The quantitative estimate of drug-likeness (QED) is 0.891. The molecule has 1 atom stereocenters. The van der Waals surface area contributed by atoms with Crippen LogP contribution in [0.3, 0.4) is 0 Å². The lowest BCUT2D eigenvalue weighted by atomic mass is 10.1. The zero-order valence-electron chi connectivity index (χ0n) is 11.5. The number of hydrogen-bond donors (Lipinski definition) is 1. The average molecular weight is 309 g/mol. The third kappa shape index (κ3) is 3.58. The number of nitrogens with one attached hydrogen (secondary N) is 1. The Labute approximate surface area is 128 Å². The van der Waals surface area contributed by atoms with Crippen molar-refractivity contribution in [1.82, 2.24) is 10.3 Å². The van der Waals surface area contributed by atoms with Gasteiger partial charge in [0.1, 0.15) is 0 Å². The predicted octanol–water partition coefficient (Wildman–Crippen LogP) is 4.38. The van der Waals surface area contributed by atoms with E-state index in [9.17, 15) is 4.79 Å². The first-order valence-corrected chi connectivity index (χ1v) is 7.84. The largest absolute Gasteiger partial charge is 0.344 e. The van der Waals surface area contributed by atoms with Gasteiger partial charge in [0.2, 0.25) is 0 Å². The lowest BCUT2D eigenvalue weighted by Gasteiger charge is -2.17. The minimum absolute atomic E-state index is 0.0323. The molecule has 0 fully saturated rings. The van der Waals surface area contributed by atoms with Gasteiger partial charge in [-0.15, -0.1) is 11.3 Å². The molecule has 0 bridgehead atoms. The molecule has 2 aromatic rings. The summed E-state index contributed by atoms with van der Waals surface area (Å²) in [4.78, 5) is 17.6. The van der Waals surface area contributed by atoms with Crippen molar-refractivity contribution >= 4 is 28.8 Å². The van der Waals surface area contributed by atoms with Crippen molar-refractivity contribution in [3.63, 3.8) is 0 Å². The van der Waals surface area contributed by atoms with E-state index in [1.165, 1.54) is 6.20 Å². The SMILES string of the molecule is CCCC(NC(=O)c1cnc(C)cc1Cl)c1cccs1. The molecule has 0 saturated heterocycles. The molecule has 2 heterocycles. The number of aromatic nitrogens is 1. The highest BCUT2D eigenvalue weighted by atomic mass is 35.5. The van der Waals surface area contributed by atoms with Gasteiger partial charge in [-0.2, -0.15) is 0 Å². The van der Waals surface area contributed by atoms with Crippen molar-refractivity contribution in [2.75, 3.05) is 0 Å². The van der Waals surface area contributed by atoms with Crippen LogP contribution in [-0.2, 0) is 0 Å². The van der Waals surface area contributed by atoms with E-state index in [2.05, 4.69) is 17.2 Å². The van der Waals surface area contributed by atoms with Crippen LogP contribution in [0.2, 0.25) is 5.02 Å². The molecule has 0 saturated carbocycles. The zero-order valence-corrected chi connectivity index (χ0v) is 13.1. The highest BCUT2D eigenvalue weighted by Crippen LogP contribution is 2.24. The Kier molecular flexibility index (Phi) is 5.15. The summed E-state index contributed by atoms with van der Waals surface area (Å²) < 4.78 is 0. The molecule has 0 radical (unpaired) electrons. The van der Waals surface area contributed by atoms with E-state index in [-0.39, 0.29) is 11.9 Å². The molecule has 106 valence electrons. The van der Waals surface area contributed by atoms with Crippen LogP contribution >= 0.6 is 22.9 Å². The fraction of sp³-hybridized carbons (Fsp3) is 0.333. The van der Waals surface area contributed by atoms with Crippen molar-refractivity contribution in [2.24, 2.45) is 0 Å². The van der Waals surface area contributed by atoms with E-state index < -0.39 is 0 Å². The van der Waals surface area contributed by atoms with E-state index in [0.717, 1.165) is 23.4 Å². The maximum atomic E-state index is 12.3. The highest BCUT2D eigenvalue weighted by molar-refractivity contribution is 7.10. The molecule has 2 aromatic heterocycles. The molecule has 5 heteroatoms. The van der Waals surface area contributed by atoms with Crippen molar-refractivity contribution < 1.29 is 4.79 Å². The first kappa shape index (κ1) is 15.0. The van der Waals surface area contributed by atoms with Gasteiger partial charge in [0.25, 0.3) is 5.91 Å². The minimum Gasteiger partial charge on any atom is -0.344 e. The Morgan fingerprint density at radius 3 is 2.95 bits per heavy atom. The molecule has 0 aromatic carbocycles. The molecule has 1 N–H and O–H groups in total. The summed E-state index contributed by atoms with van der Waals surface area (Å²) in [6.07, 6.45) is 3.44. The van der Waals surface area contributed by atoms with Gasteiger partial charge in [-0.25, -0.2) is 0 Å². The third-order valence-corrected chi connectivity index (χ3v) is 4.30. The topological polar surface area (TPSA) is 42.0 Å². The second kappa shape index (κ2) is 6.86. The highest BCUT2D eigenvalue weighted by Gasteiger charge is 2.18. The normalized spacial score (nSPS) is 12.2. The van der Waals surface area contributed by atoms with Gasteiger partial charge in [-0.3, -0.25) is 9.78 Å². The molecule has 0 spiro atoms. The Bertz CT molecular complexity index is 584. The first-order valence-electron chi connectivity index (χ1n) is 6.58. The van der Waals surface area contributed by atoms with Crippen molar-refractivity contribution in [3.05, 3.63) is 50.9 Å². The minimum atomic E-state index is -0.172. The van der Waals surface area contributed by atoms with E-state index in [4.69, 9.17) is 11.6 Å². The van der Waals surface area contributed by atoms with Crippen molar-refractivity contribution in [3.8, 4) is 0 Å². The summed E-state index contributed by atoms with van der Waals surface area (Å²) in [5, 5.41) is 5.50. The van der Waals surface area contributed by atoms with E-state index in [1.807, 2.05) is 24.4 Å². The lowest BCUT2D eigenvalue weighted by Crippen LogP contribution is -2.28. The van der Waals surface area contributed by atoms with Gasteiger partial charge in [0.05, 0.1) is 16.6 Å². The van der Waals surface area contributed by atoms with E-state index >= 15 is 0 Å². The molecular formula is C15H17ClN2OS. The number of halogens is 1. The molecule has 3 nitrogen and oxygen atoms in total. The molecule has 1 amide bonds. The van der Waals surface area contributed by atoms with Crippen LogP contribution in [0.4, 0.5) is 0 Å². The number of hydrogen-bond acceptors (Lipinski definition) is 3. The molecule has 0 aliphatic carbocycles. The summed E-state index contributed by atoms with van der Waals surface area (Å²) in [6.45, 7) is 3.95. The summed E-state index contributed by atoms with van der Waals surface area (Å²) in [5.74, 6) is -0.172. The lowest BCUT2D eigenvalue weighted by molar-refractivity contribution is 0.0935. The van der Waals surface area contributed by atoms with Crippen molar-refractivity contribution in [1.29, 1.82) is 0 Å².